The summed E-state index contributed by atoms with van der Waals surface area (Å²) in [5, 5.41) is 9.08. The van der Waals surface area contributed by atoms with Gasteiger partial charge in [-0.05, 0) is 25.5 Å². The first-order valence-corrected chi connectivity index (χ1v) is 6.78. The van der Waals surface area contributed by atoms with E-state index in [4.69, 9.17) is 10.00 Å². The summed E-state index contributed by atoms with van der Waals surface area (Å²) in [5.41, 5.74) is 1.35. The molecule has 0 aliphatic rings. The maximum atomic E-state index is 11.8. The molecule has 5 heteroatoms. The molecule has 1 rings (SSSR count). The molecule has 0 saturated heterocycles. The molecule has 0 spiro atoms. The van der Waals surface area contributed by atoms with Crippen LogP contribution in [-0.4, -0.2) is 23.2 Å². The van der Waals surface area contributed by atoms with Crippen LogP contribution in [0.5, 0.6) is 0 Å². The Hall–Kier alpha value is -1.67. The average molecular weight is 324 g/mol. The van der Waals surface area contributed by atoms with Crippen LogP contribution in [-0.2, 0) is 16.0 Å². The third kappa shape index (κ3) is 4.18. The molecule has 1 unspecified atom stereocenters. The second-order valence-corrected chi connectivity index (χ2v) is 5.32. The Balaban J connectivity index is 3.01. The van der Waals surface area contributed by atoms with E-state index in [1.54, 1.807) is 26.0 Å². The average Bonchev–Trinajstić information content (AvgIpc) is 2.38. The highest BCUT2D eigenvalue weighted by Gasteiger charge is 2.15. The molecule has 0 heterocycles. The zero-order valence-electron chi connectivity index (χ0n) is 10.8. The van der Waals surface area contributed by atoms with Crippen LogP contribution in [0.15, 0.2) is 18.2 Å². The van der Waals surface area contributed by atoms with Gasteiger partial charge in [-0.1, -0.05) is 28.1 Å². The van der Waals surface area contributed by atoms with Crippen LogP contribution in [0.4, 0.5) is 0 Å². The van der Waals surface area contributed by atoms with Gasteiger partial charge in [0.1, 0.15) is 0 Å². The van der Waals surface area contributed by atoms with E-state index in [1.807, 2.05) is 6.07 Å². The van der Waals surface area contributed by atoms with Gasteiger partial charge in [0, 0.05) is 5.56 Å². The summed E-state index contributed by atoms with van der Waals surface area (Å²) in [4.78, 5) is 22.9. The highest BCUT2D eigenvalue weighted by atomic mass is 79.9. The summed E-state index contributed by atoms with van der Waals surface area (Å²) in [6.45, 7) is 3.75. The van der Waals surface area contributed by atoms with Crippen LogP contribution in [0.2, 0.25) is 0 Å². The highest BCUT2D eigenvalue weighted by Crippen LogP contribution is 2.16. The summed E-state index contributed by atoms with van der Waals surface area (Å²) in [5.74, 6) is -0.480. The molecule has 0 amide bonds. The number of ether oxygens (including phenoxy) is 1. The topological polar surface area (TPSA) is 67.2 Å². The van der Waals surface area contributed by atoms with Crippen LogP contribution in [0.3, 0.4) is 0 Å². The number of Topliss-reactive ketones (excluding diaryl/α,β-unsaturated/α-hetero) is 1. The lowest BCUT2D eigenvalue weighted by molar-refractivity contribution is -0.142. The standard InChI is InChI=1S/C14H14BrNO3/c1-3-19-13(17)7-10-4-5-11(6-12(10)8-16)14(18)9(2)15/h4-6,9H,3,7H2,1-2H3. The third-order valence-electron chi connectivity index (χ3n) is 2.52. The van der Waals surface area contributed by atoms with Crippen molar-refractivity contribution in [1.82, 2.24) is 0 Å². The van der Waals surface area contributed by atoms with E-state index in [1.165, 1.54) is 6.07 Å². The first kappa shape index (κ1) is 15.4. The number of carbonyl (C=O) groups excluding carboxylic acids is 2. The number of hydrogen-bond acceptors (Lipinski definition) is 4. The molecule has 1 aromatic carbocycles. The van der Waals surface area contributed by atoms with Crippen molar-refractivity contribution in [2.24, 2.45) is 0 Å². The summed E-state index contributed by atoms with van der Waals surface area (Å²) < 4.78 is 4.84. The Labute approximate surface area is 120 Å². The van der Waals surface area contributed by atoms with E-state index in [0.29, 0.717) is 23.3 Å². The highest BCUT2D eigenvalue weighted by molar-refractivity contribution is 9.10. The maximum absolute atomic E-state index is 11.8. The van der Waals surface area contributed by atoms with E-state index in [-0.39, 0.29) is 23.0 Å². The van der Waals surface area contributed by atoms with Crippen LogP contribution < -0.4 is 0 Å². The van der Waals surface area contributed by atoms with E-state index in [0.717, 1.165) is 0 Å². The predicted octanol–water partition coefficient (Wildman–Crippen LogP) is 2.63. The number of nitrogens with zero attached hydrogens (tertiary/aromatic N) is 1. The van der Waals surface area contributed by atoms with Crippen LogP contribution in [0.25, 0.3) is 0 Å². The Kier molecular flexibility index (Phi) is 5.71. The fraction of sp³-hybridized carbons (Fsp3) is 0.357. The fourth-order valence-electron chi connectivity index (χ4n) is 1.59. The lowest BCUT2D eigenvalue weighted by Crippen LogP contribution is -2.12. The SMILES string of the molecule is CCOC(=O)Cc1ccc(C(=O)C(C)Br)cc1C#N. The molecule has 100 valence electrons. The number of benzene rings is 1. The number of halogens is 1. The lowest BCUT2D eigenvalue weighted by Gasteiger charge is -2.07. The van der Waals surface area contributed by atoms with E-state index in [9.17, 15) is 9.59 Å². The van der Waals surface area contributed by atoms with Crippen LogP contribution in [0, 0.1) is 11.3 Å². The summed E-state index contributed by atoms with van der Waals surface area (Å²) in [7, 11) is 0. The number of carbonyl (C=O) groups is 2. The molecule has 0 saturated carbocycles. The third-order valence-corrected chi connectivity index (χ3v) is 2.93. The Bertz CT molecular complexity index is 532. The zero-order chi connectivity index (χ0) is 14.4. The van der Waals surface area contributed by atoms with Gasteiger partial charge in [-0.3, -0.25) is 9.59 Å². The summed E-state index contributed by atoms with van der Waals surface area (Å²) in [6.07, 6.45) is 0.0368. The molecule has 0 bridgehead atoms. The maximum Gasteiger partial charge on any atom is 0.310 e. The van der Waals surface area contributed by atoms with Gasteiger partial charge >= 0.3 is 5.97 Å². The zero-order valence-corrected chi connectivity index (χ0v) is 12.4. The van der Waals surface area contributed by atoms with Crippen molar-refractivity contribution >= 4 is 27.7 Å². The second kappa shape index (κ2) is 7.05. The normalized spacial score (nSPS) is 11.5. The number of hydrogen-bond donors (Lipinski definition) is 0. The smallest absolute Gasteiger partial charge is 0.310 e. The van der Waals surface area contributed by atoms with E-state index >= 15 is 0 Å². The number of nitriles is 1. The fourth-order valence-corrected chi connectivity index (χ4v) is 1.85. The molecular weight excluding hydrogens is 310 g/mol. The van der Waals surface area contributed by atoms with Crippen molar-refractivity contribution in [2.75, 3.05) is 6.61 Å². The number of rotatable bonds is 5. The minimum atomic E-state index is -0.382. The summed E-state index contributed by atoms with van der Waals surface area (Å²) >= 11 is 3.20. The molecule has 0 aromatic heterocycles. The van der Waals surface area contributed by atoms with Gasteiger partial charge < -0.3 is 4.74 Å². The van der Waals surface area contributed by atoms with Gasteiger partial charge in [0.15, 0.2) is 5.78 Å². The molecule has 0 radical (unpaired) electrons. The van der Waals surface area contributed by atoms with Crippen LogP contribution in [0.1, 0.15) is 35.3 Å². The van der Waals surface area contributed by atoms with Gasteiger partial charge in [0.2, 0.25) is 0 Å². The molecule has 19 heavy (non-hydrogen) atoms. The van der Waals surface area contributed by atoms with Gasteiger partial charge in [-0.2, -0.15) is 5.26 Å². The Morgan fingerprint density at radius 2 is 2.16 bits per heavy atom. The molecule has 0 aliphatic heterocycles. The van der Waals surface area contributed by atoms with Gasteiger partial charge in [0.05, 0.1) is 29.5 Å². The van der Waals surface area contributed by atoms with Gasteiger partial charge in [0.25, 0.3) is 0 Å². The minimum absolute atomic E-state index is 0.0368. The number of ketones is 1. The molecule has 1 aromatic rings. The largest absolute Gasteiger partial charge is 0.466 e. The summed E-state index contributed by atoms with van der Waals surface area (Å²) in [6, 6.07) is 6.75. The predicted molar refractivity (Wildman–Crippen MR) is 74.2 cm³/mol. The number of esters is 1. The molecule has 1 atom stereocenters. The van der Waals surface area contributed by atoms with Crippen molar-refractivity contribution in [1.29, 1.82) is 5.26 Å². The van der Waals surface area contributed by atoms with E-state index in [2.05, 4.69) is 15.9 Å². The molecular formula is C14H14BrNO3. The first-order chi connectivity index (χ1) is 8.99. The van der Waals surface area contributed by atoms with Crippen molar-refractivity contribution < 1.29 is 14.3 Å². The lowest BCUT2D eigenvalue weighted by atomic mass is 9.99. The Morgan fingerprint density at radius 3 is 2.68 bits per heavy atom. The monoisotopic (exact) mass is 323 g/mol. The van der Waals surface area contributed by atoms with Gasteiger partial charge in [-0.25, -0.2) is 0 Å². The molecule has 4 nitrogen and oxygen atoms in total. The molecule has 0 N–H and O–H groups in total. The van der Waals surface area contributed by atoms with Crippen molar-refractivity contribution in [3.8, 4) is 6.07 Å². The number of alkyl halides is 1. The molecule has 0 aliphatic carbocycles. The first-order valence-electron chi connectivity index (χ1n) is 5.86. The quantitative estimate of drug-likeness (QED) is 0.474. The van der Waals surface area contributed by atoms with Crippen molar-refractivity contribution in [2.45, 2.75) is 25.1 Å². The molecule has 0 fully saturated rings. The van der Waals surface area contributed by atoms with Crippen molar-refractivity contribution in [3.05, 3.63) is 34.9 Å². The Morgan fingerprint density at radius 1 is 1.47 bits per heavy atom. The minimum Gasteiger partial charge on any atom is -0.466 e. The van der Waals surface area contributed by atoms with Gasteiger partial charge in [-0.15, -0.1) is 0 Å². The van der Waals surface area contributed by atoms with E-state index < -0.39 is 0 Å². The van der Waals surface area contributed by atoms with Crippen LogP contribution >= 0.6 is 15.9 Å². The second-order valence-electron chi connectivity index (χ2n) is 3.95. The van der Waals surface area contributed by atoms with Crippen molar-refractivity contribution in [3.63, 3.8) is 0 Å².